The van der Waals surface area contributed by atoms with E-state index < -0.39 is 23.3 Å². The number of hydrogen-bond donors (Lipinski definition) is 2. The van der Waals surface area contributed by atoms with Gasteiger partial charge in [0, 0.05) is 11.5 Å². The first-order valence-electron chi connectivity index (χ1n) is 7.65. The van der Waals surface area contributed by atoms with Crippen molar-refractivity contribution in [1.29, 1.82) is 0 Å². The van der Waals surface area contributed by atoms with Gasteiger partial charge < -0.3 is 10.2 Å². The second-order valence-corrected chi connectivity index (χ2v) is 7.86. The van der Waals surface area contributed by atoms with Gasteiger partial charge in [0.2, 0.25) is 0 Å². The lowest BCUT2D eigenvalue weighted by Gasteiger charge is -2.62. The van der Waals surface area contributed by atoms with Crippen LogP contribution in [-0.2, 0) is 0 Å². The van der Waals surface area contributed by atoms with Crippen LogP contribution in [0, 0.1) is 11.3 Å². The fraction of sp³-hybridized carbons (Fsp3) is 0.938. The molecule has 0 saturated carbocycles. The number of nitrogens with zero attached hydrogens (tertiary/aromatic N) is 1. The first-order chi connectivity index (χ1) is 8.94. The maximum absolute atomic E-state index is 11.9. The van der Waals surface area contributed by atoms with Gasteiger partial charge in [-0.05, 0) is 38.5 Å². The number of aliphatic hydroxyl groups excluding tert-OH is 1. The number of hydrogen-bond acceptors (Lipinski definition) is 2. The Morgan fingerprint density at radius 2 is 1.70 bits per heavy atom. The van der Waals surface area contributed by atoms with Crippen LogP contribution in [0.1, 0.15) is 67.7 Å². The highest BCUT2D eigenvalue weighted by molar-refractivity contribution is 5.68. The van der Waals surface area contributed by atoms with Gasteiger partial charge in [-0.15, -0.1) is 0 Å². The minimum atomic E-state index is -0.875. The molecule has 2 atom stereocenters. The quantitative estimate of drug-likeness (QED) is 0.812. The molecule has 0 aromatic rings. The van der Waals surface area contributed by atoms with Crippen molar-refractivity contribution >= 4 is 6.09 Å². The van der Waals surface area contributed by atoms with Crippen molar-refractivity contribution in [1.82, 2.24) is 4.90 Å². The third kappa shape index (κ3) is 2.54. The molecular weight excluding hydrogens is 254 g/mol. The number of piperidine rings is 1. The standard InChI is InChI=1S/C16H31NO3/c1-8-16(9-2)12(14(3,4)5)11(18)10-15(6,7)17(16)13(19)20/h11-12,18H,8-10H2,1-7H3,(H,19,20). The minimum Gasteiger partial charge on any atom is -0.465 e. The number of rotatable bonds is 2. The molecule has 4 nitrogen and oxygen atoms in total. The number of carboxylic acid groups (broad SMARTS) is 1. The maximum Gasteiger partial charge on any atom is 0.408 e. The van der Waals surface area contributed by atoms with Crippen molar-refractivity contribution in [3.8, 4) is 0 Å². The van der Waals surface area contributed by atoms with Gasteiger partial charge in [-0.2, -0.15) is 0 Å². The molecule has 1 rings (SSSR count). The van der Waals surface area contributed by atoms with Crippen LogP contribution in [0.3, 0.4) is 0 Å². The summed E-state index contributed by atoms with van der Waals surface area (Å²) in [5.41, 5.74) is -1.19. The Balaban J connectivity index is 3.51. The molecule has 1 heterocycles. The average molecular weight is 285 g/mol. The second-order valence-electron chi connectivity index (χ2n) is 7.86. The zero-order valence-corrected chi connectivity index (χ0v) is 14.0. The first-order valence-corrected chi connectivity index (χ1v) is 7.65. The Labute approximate surface area is 123 Å². The summed E-state index contributed by atoms with van der Waals surface area (Å²) in [6, 6.07) is 0. The largest absolute Gasteiger partial charge is 0.465 e. The lowest BCUT2D eigenvalue weighted by atomic mass is 9.58. The van der Waals surface area contributed by atoms with E-state index in [4.69, 9.17) is 0 Å². The number of likely N-dealkylation sites (tertiary alicyclic amines) is 1. The molecule has 2 unspecified atom stereocenters. The lowest BCUT2D eigenvalue weighted by molar-refractivity contribution is -0.156. The molecule has 1 aliphatic heterocycles. The van der Waals surface area contributed by atoms with Crippen LogP contribution in [0.4, 0.5) is 4.79 Å². The van der Waals surface area contributed by atoms with E-state index in [9.17, 15) is 15.0 Å². The van der Waals surface area contributed by atoms with Crippen molar-refractivity contribution in [2.24, 2.45) is 11.3 Å². The van der Waals surface area contributed by atoms with E-state index in [1.54, 1.807) is 4.90 Å². The van der Waals surface area contributed by atoms with Crippen LogP contribution in [0.5, 0.6) is 0 Å². The monoisotopic (exact) mass is 285 g/mol. The summed E-state index contributed by atoms with van der Waals surface area (Å²) in [6.45, 7) is 14.2. The SMILES string of the molecule is CCC1(CC)C(C(C)(C)C)C(O)CC(C)(C)N1C(=O)O. The van der Waals surface area contributed by atoms with E-state index in [2.05, 4.69) is 20.8 Å². The molecule has 20 heavy (non-hydrogen) atoms. The predicted octanol–water partition coefficient (Wildman–Crippen LogP) is 3.73. The Kier molecular flexibility index (Phi) is 4.50. The summed E-state index contributed by atoms with van der Waals surface area (Å²) in [7, 11) is 0. The topological polar surface area (TPSA) is 60.8 Å². The molecular formula is C16H31NO3. The molecule has 0 spiro atoms. The van der Waals surface area contributed by atoms with E-state index >= 15 is 0 Å². The Hall–Kier alpha value is -0.770. The average Bonchev–Trinajstić information content (AvgIpc) is 2.23. The molecule has 0 radical (unpaired) electrons. The van der Waals surface area contributed by atoms with Crippen molar-refractivity contribution in [2.45, 2.75) is 84.9 Å². The van der Waals surface area contributed by atoms with E-state index in [0.717, 1.165) is 12.8 Å². The molecule has 1 amide bonds. The molecule has 0 aliphatic carbocycles. The summed E-state index contributed by atoms with van der Waals surface area (Å²) >= 11 is 0. The zero-order valence-electron chi connectivity index (χ0n) is 14.0. The van der Waals surface area contributed by atoms with Crippen molar-refractivity contribution < 1.29 is 15.0 Å². The van der Waals surface area contributed by atoms with Crippen LogP contribution >= 0.6 is 0 Å². The molecule has 0 aromatic heterocycles. The maximum atomic E-state index is 11.9. The molecule has 1 saturated heterocycles. The van der Waals surface area contributed by atoms with Crippen LogP contribution < -0.4 is 0 Å². The summed E-state index contributed by atoms with van der Waals surface area (Å²) in [5, 5.41) is 20.5. The summed E-state index contributed by atoms with van der Waals surface area (Å²) < 4.78 is 0. The van der Waals surface area contributed by atoms with Crippen LogP contribution in [0.2, 0.25) is 0 Å². The van der Waals surface area contributed by atoms with Gasteiger partial charge in [0.25, 0.3) is 0 Å². The predicted molar refractivity (Wildman–Crippen MR) is 80.8 cm³/mol. The van der Waals surface area contributed by atoms with Crippen molar-refractivity contribution in [3.05, 3.63) is 0 Å². The van der Waals surface area contributed by atoms with E-state index in [1.165, 1.54) is 0 Å². The fourth-order valence-corrected chi connectivity index (χ4v) is 4.66. The van der Waals surface area contributed by atoms with Gasteiger partial charge in [-0.3, -0.25) is 4.90 Å². The Bertz CT molecular complexity index is 366. The Morgan fingerprint density at radius 3 is 2.00 bits per heavy atom. The number of aliphatic hydroxyl groups is 1. The highest BCUT2D eigenvalue weighted by Gasteiger charge is 2.59. The smallest absolute Gasteiger partial charge is 0.408 e. The molecule has 1 aliphatic rings. The van der Waals surface area contributed by atoms with E-state index in [1.807, 2.05) is 27.7 Å². The third-order valence-corrected chi connectivity index (χ3v) is 5.07. The van der Waals surface area contributed by atoms with Gasteiger partial charge in [0.15, 0.2) is 0 Å². The lowest BCUT2D eigenvalue weighted by Crippen LogP contribution is -2.72. The van der Waals surface area contributed by atoms with Crippen molar-refractivity contribution in [3.63, 3.8) is 0 Å². The molecule has 0 aromatic carbocycles. The molecule has 4 heteroatoms. The summed E-state index contributed by atoms with van der Waals surface area (Å²) in [5.74, 6) is -0.0610. The highest BCUT2D eigenvalue weighted by atomic mass is 16.4. The summed E-state index contributed by atoms with van der Waals surface area (Å²) in [6.07, 6.45) is 0.583. The van der Waals surface area contributed by atoms with E-state index in [0.29, 0.717) is 6.42 Å². The molecule has 0 bridgehead atoms. The summed E-state index contributed by atoms with van der Waals surface area (Å²) in [4.78, 5) is 13.6. The zero-order chi connectivity index (χ0) is 15.9. The second kappa shape index (κ2) is 5.21. The van der Waals surface area contributed by atoms with Crippen LogP contribution in [0.25, 0.3) is 0 Å². The molecule has 1 fully saturated rings. The van der Waals surface area contributed by atoms with Gasteiger partial charge in [0.05, 0.1) is 11.6 Å². The molecule has 2 N–H and O–H groups in total. The van der Waals surface area contributed by atoms with Gasteiger partial charge >= 0.3 is 6.09 Å². The van der Waals surface area contributed by atoms with Crippen molar-refractivity contribution in [2.75, 3.05) is 0 Å². The van der Waals surface area contributed by atoms with Crippen LogP contribution in [0.15, 0.2) is 0 Å². The van der Waals surface area contributed by atoms with Gasteiger partial charge in [-0.25, -0.2) is 4.79 Å². The normalized spacial score (nSPS) is 29.3. The Morgan fingerprint density at radius 1 is 1.25 bits per heavy atom. The number of amides is 1. The van der Waals surface area contributed by atoms with E-state index in [-0.39, 0.29) is 11.3 Å². The van der Waals surface area contributed by atoms with Gasteiger partial charge in [0.1, 0.15) is 0 Å². The van der Waals surface area contributed by atoms with Gasteiger partial charge in [-0.1, -0.05) is 34.6 Å². The minimum absolute atomic E-state index is 0.0610. The number of carbonyl (C=O) groups is 1. The first kappa shape index (κ1) is 17.3. The highest BCUT2D eigenvalue weighted by Crippen LogP contribution is 2.52. The third-order valence-electron chi connectivity index (χ3n) is 5.07. The fourth-order valence-electron chi connectivity index (χ4n) is 4.66. The van der Waals surface area contributed by atoms with Crippen LogP contribution in [-0.4, -0.2) is 38.4 Å². The molecule has 118 valence electrons.